The summed E-state index contributed by atoms with van der Waals surface area (Å²) in [5, 5.41) is 10.5. The van der Waals surface area contributed by atoms with Gasteiger partial charge >= 0.3 is 0 Å². The average Bonchev–Trinajstić information content (AvgIpc) is 2.59. The maximum absolute atomic E-state index is 11.6. The number of rotatable bonds is 5. The van der Waals surface area contributed by atoms with Crippen molar-refractivity contribution < 1.29 is 14.6 Å². The number of halogens is 1. The van der Waals surface area contributed by atoms with Crippen LogP contribution in [0.2, 0.25) is 0 Å². The number of aliphatic hydroxyl groups excluding tert-OH is 1. The van der Waals surface area contributed by atoms with Gasteiger partial charge in [-0.05, 0) is 23.3 Å². The molecule has 1 N–H and O–H groups in total. The number of dihydropyridines is 1. The number of carbonyl (C=O) groups is 1. The number of ether oxygens (including phenoxy) is 1. The molecule has 0 saturated carbocycles. The van der Waals surface area contributed by atoms with Gasteiger partial charge in [0.15, 0.2) is 0 Å². The van der Waals surface area contributed by atoms with Gasteiger partial charge in [-0.25, -0.2) is 4.99 Å². The lowest BCUT2D eigenvalue weighted by Crippen LogP contribution is -2.31. The van der Waals surface area contributed by atoms with E-state index in [1.165, 1.54) is 6.08 Å². The molecule has 1 aliphatic carbocycles. The molecule has 118 valence electrons. The molecule has 0 radical (unpaired) electrons. The molecule has 2 aliphatic rings. The molecule has 0 aromatic heterocycles. The number of hydrogen-bond acceptors (Lipinski definition) is 3. The molecular formula is C18H16BrNO3. The third-order valence-corrected chi connectivity index (χ3v) is 4.32. The first-order chi connectivity index (χ1) is 11.2. The Morgan fingerprint density at radius 2 is 2.00 bits per heavy atom. The van der Waals surface area contributed by atoms with Crippen LogP contribution in [0.15, 0.2) is 70.8 Å². The van der Waals surface area contributed by atoms with Gasteiger partial charge in [0.05, 0.1) is 18.4 Å². The second-order valence-electron chi connectivity index (χ2n) is 5.28. The van der Waals surface area contributed by atoms with Crippen LogP contribution in [0.1, 0.15) is 5.56 Å². The van der Waals surface area contributed by atoms with E-state index >= 15 is 0 Å². The van der Waals surface area contributed by atoms with E-state index < -0.39 is 12.2 Å². The number of fused-ring (bicyclic) bond motifs is 1. The lowest BCUT2D eigenvalue weighted by molar-refractivity contribution is -0.113. The van der Waals surface area contributed by atoms with Crippen LogP contribution in [0.4, 0.5) is 0 Å². The molecule has 23 heavy (non-hydrogen) atoms. The van der Waals surface area contributed by atoms with E-state index in [1.807, 2.05) is 42.5 Å². The number of hydrogen-bond donors (Lipinski definition) is 1. The third-order valence-electron chi connectivity index (χ3n) is 3.71. The second kappa shape index (κ2) is 7.17. The normalized spacial score (nSPS) is 21.2. The molecule has 0 bridgehead atoms. The number of carbonyl (C=O) groups excluding carboxylic acids is 1. The molecule has 0 spiro atoms. The average molecular weight is 374 g/mol. The maximum atomic E-state index is 11.6. The van der Waals surface area contributed by atoms with Gasteiger partial charge in [-0.3, -0.25) is 4.79 Å². The minimum absolute atomic E-state index is 0.306. The van der Waals surface area contributed by atoms with Gasteiger partial charge in [0, 0.05) is 17.0 Å². The first-order valence-electron chi connectivity index (χ1n) is 7.32. The van der Waals surface area contributed by atoms with Crippen LogP contribution >= 0.6 is 15.9 Å². The summed E-state index contributed by atoms with van der Waals surface area (Å²) in [5.41, 5.74) is 3.11. The minimum atomic E-state index is -0.653. The minimum Gasteiger partial charge on any atom is -0.388 e. The Kier molecular flexibility index (Phi) is 5.00. The van der Waals surface area contributed by atoms with Gasteiger partial charge in [0.25, 0.3) is 5.91 Å². The predicted molar refractivity (Wildman–Crippen MR) is 92.6 cm³/mol. The number of alkyl halides is 1. The molecule has 1 amide bonds. The van der Waals surface area contributed by atoms with Crippen molar-refractivity contribution in [2.75, 3.05) is 5.33 Å². The van der Waals surface area contributed by atoms with E-state index in [1.54, 1.807) is 6.08 Å². The third kappa shape index (κ3) is 3.58. The van der Waals surface area contributed by atoms with Gasteiger partial charge in [-0.15, -0.1) is 0 Å². The van der Waals surface area contributed by atoms with E-state index in [4.69, 9.17) is 4.74 Å². The van der Waals surface area contributed by atoms with Crippen molar-refractivity contribution in [1.29, 1.82) is 0 Å². The van der Waals surface area contributed by atoms with Crippen molar-refractivity contribution in [3.05, 3.63) is 71.3 Å². The van der Waals surface area contributed by atoms with Crippen molar-refractivity contribution in [2.24, 2.45) is 4.99 Å². The Hall–Kier alpha value is -1.82. The van der Waals surface area contributed by atoms with Crippen LogP contribution in [-0.2, 0) is 16.1 Å². The summed E-state index contributed by atoms with van der Waals surface area (Å²) in [6.07, 6.45) is 5.74. The van der Waals surface area contributed by atoms with Gasteiger partial charge in [-0.1, -0.05) is 52.3 Å². The summed E-state index contributed by atoms with van der Waals surface area (Å²) in [4.78, 5) is 15.7. The van der Waals surface area contributed by atoms with Gasteiger partial charge in [-0.2, -0.15) is 0 Å². The van der Waals surface area contributed by atoms with E-state index in [-0.39, 0.29) is 5.91 Å². The standard InChI is InChI=1S/C18H16BrNO3/c19-10-15(21)13-6-8-16(18-14(13)7-9-17(22)20-18)23-11-12-4-2-1-3-5-12/h1-9,15-16,21H,10-11H2. The fourth-order valence-electron chi connectivity index (χ4n) is 2.56. The molecule has 1 aromatic carbocycles. The fourth-order valence-corrected chi connectivity index (χ4v) is 2.91. The van der Waals surface area contributed by atoms with Crippen molar-refractivity contribution in [2.45, 2.75) is 18.8 Å². The highest BCUT2D eigenvalue weighted by molar-refractivity contribution is 9.09. The molecule has 3 rings (SSSR count). The van der Waals surface area contributed by atoms with Gasteiger partial charge < -0.3 is 9.84 Å². The molecule has 5 heteroatoms. The van der Waals surface area contributed by atoms with Crippen molar-refractivity contribution in [3.8, 4) is 0 Å². The molecule has 2 atom stereocenters. The SMILES string of the molecule is O=C1C=CC2=C(C(O)CBr)C=CC(OCc3ccccc3)C2=N1. The Balaban J connectivity index is 1.83. The van der Waals surface area contributed by atoms with E-state index in [0.29, 0.717) is 17.6 Å². The van der Waals surface area contributed by atoms with Crippen LogP contribution in [0.25, 0.3) is 0 Å². The zero-order chi connectivity index (χ0) is 16.2. The van der Waals surface area contributed by atoms with E-state index in [0.717, 1.165) is 16.7 Å². The topological polar surface area (TPSA) is 58.9 Å². The lowest BCUT2D eigenvalue weighted by Gasteiger charge is -2.26. The Morgan fingerprint density at radius 1 is 1.22 bits per heavy atom. The first-order valence-corrected chi connectivity index (χ1v) is 8.44. The largest absolute Gasteiger partial charge is 0.388 e. The Bertz CT molecular complexity index is 719. The summed E-state index contributed by atoms with van der Waals surface area (Å²) in [7, 11) is 0. The quantitative estimate of drug-likeness (QED) is 0.807. The van der Waals surface area contributed by atoms with Crippen LogP contribution in [-0.4, -0.2) is 34.3 Å². The zero-order valence-electron chi connectivity index (χ0n) is 12.4. The van der Waals surface area contributed by atoms with Crippen molar-refractivity contribution >= 4 is 27.5 Å². The molecule has 1 aliphatic heterocycles. The van der Waals surface area contributed by atoms with Crippen LogP contribution in [0.3, 0.4) is 0 Å². The molecule has 4 nitrogen and oxygen atoms in total. The maximum Gasteiger partial charge on any atom is 0.270 e. The molecule has 0 fully saturated rings. The van der Waals surface area contributed by atoms with Gasteiger partial charge in [0.2, 0.25) is 0 Å². The monoisotopic (exact) mass is 373 g/mol. The highest BCUT2D eigenvalue weighted by Crippen LogP contribution is 2.26. The highest BCUT2D eigenvalue weighted by Gasteiger charge is 2.28. The first kappa shape index (κ1) is 16.1. The van der Waals surface area contributed by atoms with Crippen molar-refractivity contribution in [3.63, 3.8) is 0 Å². The molecule has 1 heterocycles. The van der Waals surface area contributed by atoms with Crippen molar-refractivity contribution in [1.82, 2.24) is 0 Å². The Labute approximate surface area is 143 Å². The summed E-state index contributed by atoms with van der Waals surface area (Å²) < 4.78 is 5.92. The number of amides is 1. The number of benzene rings is 1. The zero-order valence-corrected chi connectivity index (χ0v) is 13.9. The predicted octanol–water partition coefficient (Wildman–Crippen LogP) is 2.73. The molecule has 2 unspecified atom stereocenters. The van der Waals surface area contributed by atoms with E-state index in [2.05, 4.69) is 20.9 Å². The second-order valence-corrected chi connectivity index (χ2v) is 5.93. The van der Waals surface area contributed by atoms with E-state index in [9.17, 15) is 9.90 Å². The fraction of sp³-hybridized carbons (Fsp3) is 0.222. The summed E-state index contributed by atoms with van der Waals surface area (Å²) >= 11 is 3.27. The molecular weight excluding hydrogens is 358 g/mol. The smallest absolute Gasteiger partial charge is 0.270 e. The highest BCUT2D eigenvalue weighted by atomic mass is 79.9. The Morgan fingerprint density at radius 3 is 2.74 bits per heavy atom. The number of aliphatic imine (C=N–C) groups is 1. The number of allylic oxidation sites excluding steroid dienone is 1. The number of aliphatic hydroxyl groups is 1. The van der Waals surface area contributed by atoms with Crippen LogP contribution in [0, 0.1) is 0 Å². The summed E-state index contributed by atoms with van der Waals surface area (Å²) in [6, 6.07) is 9.83. The summed E-state index contributed by atoms with van der Waals surface area (Å²) in [5.74, 6) is -0.306. The lowest BCUT2D eigenvalue weighted by atomic mass is 9.89. The van der Waals surface area contributed by atoms with Crippen LogP contribution in [0.5, 0.6) is 0 Å². The molecule has 0 saturated heterocycles. The summed E-state index contributed by atoms with van der Waals surface area (Å²) in [6.45, 7) is 0.427. The van der Waals surface area contributed by atoms with Gasteiger partial charge in [0.1, 0.15) is 6.10 Å². The van der Waals surface area contributed by atoms with Crippen LogP contribution < -0.4 is 0 Å². The number of nitrogens with zero attached hydrogens (tertiary/aromatic N) is 1. The molecule has 1 aromatic rings.